The molecule has 0 aliphatic heterocycles. The fraction of sp³-hybridized carbons (Fsp3) is 0.111. The van der Waals surface area contributed by atoms with Gasteiger partial charge in [-0.1, -0.05) is 78.9 Å². The highest BCUT2D eigenvalue weighted by molar-refractivity contribution is 7.96. The molecule has 1 atom stereocenters. The maximum Gasteiger partial charge on any atom is 0.119 e. The van der Waals surface area contributed by atoms with Crippen molar-refractivity contribution in [2.75, 3.05) is 0 Å². The predicted octanol–water partition coefficient (Wildman–Crippen LogP) is 2.67. The van der Waals surface area contributed by atoms with E-state index >= 15 is 0 Å². The molecule has 0 radical (unpaired) electrons. The van der Waals surface area contributed by atoms with Crippen LogP contribution in [0.3, 0.4) is 0 Å². The molecule has 1 aliphatic carbocycles. The van der Waals surface area contributed by atoms with Gasteiger partial charge >= 0.3 is 0 Å². The summed E-state index contributed by atoms with van der Waals surface area (Å²) in [6, 6.07) is 42.9. The van der Waals surface area contributed by atoms with Gasteiger partial charge in [-0.15, -0.1) is 0 Å². The molecule has 2 heteroatoms. The van der Waals surface area contributed by atoms with E-state index in [1.165, 1.54) is 34.3 Å². The fourth-order valence-corrected chi connectivity index (χ4v) is 10.0. The minimum Gasteiger partial charge on any atom is -1.00 e. The maximum atomic E-state index is 2.37. The molecule has 29 heavy (non-hydrogen) atoms. The Morgan fingerprint density at radius 2 is 0.931 bits per heavy atom. The summed E-state index contributed by atoms with van der Waals surface area (Å²) < 4.78 is 0. The minimum atomic E-state index is -1.83. The van der Waals surface area contributed by atoms with Crippen LogP contribution in [0.5, 0.6) is 0 Å². The zero-order chi connectivity index (χ0) is 18.8. The number of benzene rings is 4. The molecule has 1 aliphatic rings. The van der Waals surface area contributed by atoms with Crippen LogP contribution in [0.15, 0.2) is 115 Å². The monoisotopic (exact) mass is 414 g/mol. The lowest BCUT2D eigenvalue weighted by Gasteiger charge is -2.33. The molecule has 5 rings (SSSR count). The van der Waals surface area contributed by atoms with Crippen LogP contribution in [0.1, 0.15) is 23.2 Å². The van der Waals surface area contributed by atoms with Crippen LogP contribution in [0.4, 0.5) is 0 Å². The number of aryl methyl sites for hydroxylation is 1. The molecule has 0 fully saturated rings. The highest BCUT2D eigenvalue weighted by atomic mass is 35.5. The van der Waals surface area contributed by atoms with Gasteiger partial charge in [0.25, 0.3) is 0 Å². The first-order valence-corrected chi connectivity index (χ1v) is 11.9. The number of hydrogen-bond acceptors (Lipinski definition) is 0. The van der Waals surface area contributed by atoms with E-state index in [1.54, 1.807) is 5.56 Å². The summed E-state index contributed by atoms with van der Waals surface area (Å²) in [5.41, 5.74) is 3.60. The molecule has 0 amide bonds. The molecule has 0 heterocycles. The summed E-state index contributed by atoms with van der Waals surface area (Å²) in [6.45, 7) is 0. The predicted molar refractivity (Wildman–Crippen MR) is 123 cm³/mol. The van der Waals surface area contributed by atoms with Crippen molar-refractivity contribution < 1.29 is 12.4 Å². The van der Waals surface area contributed by atoms with Crippen molar-refractivity contribution in [2.24, 2.45) is 0 Å². The van der Waals surface area contributed by atoms with Crippen molar-refractivity contribution in [1.29, 1.82) is 0 Å². The molecule has 4 aromatic carbocycles. The molecule has 4 aromatic rings. The van der Waals surface area contributed by atoms with E-state index in [2.05, 4.69) is 115 Å². The molecule has 0 saturated heterocycles. The second-order valence-corrected chi connectivity index (χ2v) is 11.1. The largest absolute Gasteiger partial charge is 1.00 e. The maximum absolute atomic E-state index is 2.37. The van der Waals surface area contributed by atoms with Crippen LogP contribution in [-0.2, 0) is 6.42 Å². The molecule has 0 bridgehead atoms. The number of halogens is 1. The SMILES string of the molecule is [Cl-].c1ccc([P+](c2ccccc2)(c2ccccc2)C2CCc3ccccc32)cc1. The third-order valence-corrected chi connectivity index (χ3v) is 10.9. The highest BCUT2D eigenvalue weighted by Crippen LogP contribution is 2.69. The van der Waals surface area contributed by atoms with Gasteiger partial charge in [0.1, 0.15) is 28.8 Å². The van der Waals surface area contributed by atoms with E-state index in [-0.39, 0.29) is 12.4 Å². The molecule has 0 aromatic heterocycles. The fourth-order valence-electron chi connectivity index (χ4n) is 4.91. The number of fused-ring (bicyclic) bond motifs is 1. The quantitative estimate of drug-likeness (QED) is 0.450. The minimum absolute atomic E-state index is 0. The van der Waals surface area contributed by atoms with Crippen molar-refractivity contribution in [1.82, 2.24) is 0 Å². The van der Waals surface area contributed by atoms with Crippen LogP contribution < -0.4 is 28.3 Å². The average Bonchev–Trinajstić information content (AvgIpc) is 3.21. The number of rotatable bonds is 4. The van der Waals surface area contributed by atoms with Gasteiger partial charge in [0.05, 0.1) is 0 Å². The summed E-state index contributed by atoms with van der Waals surface area (Å²) >= 11 is 0. The Morgan fingerprint density at radius 3 is 1.41 bits per heavy atom. The second-order valence-electron chi connectivity index (χ2n) is 7.48. The zero-order valence-corrected chi connectivity index (χ0v) is 17.9. The summed E-state index contributed by atoms with van der Waals surface area (Å²) in [6.07, 6.45) is 2.39. The molecule has 0 nitrogen and oxygen atoms in total. The van der Waals surface area contributed by atoms with Crippen LogP contribution in [0.25, 0.3) is 0 Å². The van der Waals surface area contributed by atoms with Crippen molar-refractivity contribution in [3.05, 3.63) is 126 Å². The van der Waals surface area contributed by atoms with Gasteiger partial charge in [-0.2, -0.15) is 0 Å². The second kappa shape index (κ2) is 8.54. The molecule has 144 valence electrons. The van der Waals surface area contributed by atoms with Crippen molar-refractivity contribution in [3.63, 3.8) is 0 Å². The lowest BCUT2D eigenvalue weighted by Crippen LogP contribution is -3.00. The third-order valence-electron chi connectivity index (χ3n) is 6.06. The van der Waals surface area contributed by atoms with E-state index in [0.717, 1.165) is 0 Å². The van der Waals surface area contributed by atoms with Crippen LogP contribution in [-0.4, -0.2) is 0 Å². The summed E-state index contributed by atoms with van der Waals surface area (Å²) in [4.78, 5) is 0. The van der Waals surface area contributed by atoms with Crippen LogP contribution >= 0.6 is 7.26 Å². The summed E-state index contributed by atoms with van der Waals surface area (Å²) in [5.74, 6) is 0. The Kier molecular flexibility index (Phi) is 5.86. The van der Waals surface area contributed by atoms with Gasteiger partial charge in [0.15, 0.2) is 0 Å². The Bertz CT molecular complexity index is 965. The topological polar surface area (TPSA) is 0 Å². The smallest absolute Gasteiger partial charge is 0.119 e. The molecular weight excluding hydrogens is 391 g/mol. The van der Waals surface area contributed by atoms with Gasteiger partial charge in [-0.25, -0.2) is 0 Å². The zero-order valence-electron chi connectivity index (χ0n) is 16.3. The lowest BCUT2D eigenvalue weighted by molar-refractivity contribution is -0.00000534. The van der Waals surface area contributed by atoms with Crippen LogP contribution in [0, 0.1) is 0 Å². The first kappa shape index (κ1) is 19.9. The van der Waals surface area contributed by atoms with Gasteiger partial charge in [0.2, 0.25) is 0 Å². The van der Waals surface area contributed by atoms with Gasteiger partial charge in [0, 0.05) is 0 Å². The highest BCUT2D eigenvalue weighted by Gasteiger charge is 2.54. The molecule has 0 saturated carbocycles. The van der Waals surface area contributed by atoms with Crippen molar-refractivity contribution >= 4 is 23.2 Å². The van der Waals surface area contributed by atoms with Gasteiger partial charge in [-0.3, -0.25) is 0 Å². The standard InChI is InChI=1S/C27H24P.ClH/c1-4-13-23(14-5-1)28(24-15-6-2-7-16-24,25-17-8-3-9-18-25)27-21-20-22-12-10-11-19-26(22)27;/h1-19,27H,20-21H2;1H/q+1;/p-1. The molecule has 0 spiro atoms. The van der Waals surface area contributed by atoms with Gasteiger partial charge < -0.3 is 12.4 Å². The molecular formula is C27H24ClP. The van der Waals surface area contributed by atoms with Gasteiger partial charge in [-0.05, 0) is 60.4 Å². The van der Waals surface area contributed by atoms with Crippen molar-refractivity contribution in [3.8, 4) is 0 Å². The Labute approximate surface area is 180 Å². The van der Waals surface area contributed by atoms with E-state index in [4.69, 9.17) is 0 Å². The van der Waals surface area contributed by atoms with E-state index in [0.29, 0.717) is 5.66 Å². The number of hydrogen-bond donors (Lipinski definition) is 0. The summed E-state index contributed by atoms with van der Waals surface area (Å²) in [5, 5.41) is 4.44. The van der Waals surface area contributed by atoms with E-state index in [1.807, 2.05) is 0 Å². The van der Waals surface area contributed by atoms with Crippen molar-refractivity contribution in [2.45, 2.75) is 18.5 Å². The lowest BCUT2D eigenvalue weighted by atomic mass is 10.1. The third kappa shape index (κ3) is 3.31. The Hall–Kier alpha value is -2.40. The van der Waals surface area contributed by atoms with Crippen LogP contribution in [0.2, 0.25) is 0 Å². The first-order valence-electron chi connectivity index (χ1n) is 10.0. The average molecular weight is 415 g/mol. The Balaban J connectivity index is 0.00000205. The normalized spacial score (nSPS) is 15.4. The Morgan fingerprint density at radius 1 is 0.517 bits per heavy atom. The molecule has 0 N–H and O–H groups in total. The first-order chi connectivity index (χ1) is 13.9. The summed E-state index contributed by atoms with van der Waals surface area (Å²) in [7, 11) is -1.83. The van der Waals surface area contributed by atoms with E-state index in [9.17, 15) is 0 Å². The molecule has 1 unspecified atom stereocenters. The van der Waals surface area contributed by atoms with E-state index < -0.39 is 7.26 Å².